The van der Waals surface area contributed by atoms with Crippen LogP contribution in [0.25, 0.3) is 0 Å². The van der Waals surface area contributed by atoms with Crippen LogP contribution in [0.1, 0.15) is 19.3 Å². The molecule has 1 fully saturated rings. The fraction of sp³-hybridized carbons (Fsp3) is 0.462. The summed E-state index contributed by atoms with van der Waals surface area (Å²) in [6.45, 7) is 0.322. The predicted octanol–water partition coefficient (Wildman–Crippen LogP) is 1.10. The molecular formula is C13H18N2O4S. The number of benzene rings is 1. The van der Waals surface area contributed by atoms with Gasteiger partial charge in [-0.15, -0.1) is 0 Å². The van der Waals surface area contributed by atoms with Crippen molar-refractivity contribution in [3.8, 4) is 0 Å². The number of methoxy groups -OCH3 is 1. The Bertz CT molecular complexity index is 582. The van der Waals surface area contributed by atoms with Gasteiger partial charge >= 0.3 is 5.97 Å². The third-order valence-electron chi connectivity index (χ3n) is 2.95. The maximum absolute atomic E-state index is 12.2. The Morgan fingerprint density at radius 2 is 2.05 bits per heavy atom. The van der Waals surface area contributed by atoms with E-state index < -0.39 is 10.0 Å². The number of carbonyl (C=O) groups is 1. The van der Waals surface area contributed by atoms with Gasteiger partial charge in [-0.1, -0.05) is 12.1 Å². The van der Waals surface area contributed by atoms with E-state index in [2.05, 4.69) is 14.8 Å². The van der Waals surface area contributed by atoms with Gasteiger partial charge < -0.3 is 10.1 Å². The molecule has 0 amide bonds. The highest BCUT2D eigenvalue weighted by atomic mass is 32.2. The average Bonchev–Trinajstić information content (AvgIpc) is 3.22. The van der Waals surface area contributed by atoms with E-state index >= 15 is 0 Å². The minimum Gasteiger partial charge on any atom is -0.469 e. The molecule has 110 valence electrons. The smallest absolute Gasteiger partial charge is 0.307 e. The van der Waals surface area contributed by atoms with Gasteiger partial charge in [-0.3, -0.25) is 4.79 Å². The van der Waals surface area contributed by atoms with E-state index in [4.69, 9.17) is 0 Å². The summed E-state index contributed by atoms with van der Waals surface area (Å²) in [4.78, 5) is 11.3. The molecule has 0 aromatic heterocycles. The highest BCUT2D eigenvalue weighted by Gasteiger charge is 2.29. The largest absolute Gasteiger partial charge is 0.469 e. The van der Waals surface area contributed by atoms with E-state index in [1.807, 2.05) is 0 Å². The maximum Gasteiger partial charge on any atom is 0.307 e. The lowest BCUT2D eigenvalue weighted by Gasteiger charge is -2.12. The first-order valence-electron chi connectivity index (χ1n) is 6.45. The molecular weight excluding hydrogens is 280 g/mol. The molecule has 0 bridgehead atoms. The number of sulfonamides is 1. The number of rotatable bonds is 7. The lowest BCUT2D eigenvalue weighted by molar-refractivity contribution is -0.140. The molecule has 0 unspecified atom stereocenters. The number of hydrogen-bond donors (Lipinski definition) is 2. The molecule has 7 heteroatoms. The van der Waals surface area contributed by atoms with Crippen LogP contribution >= 0.6 is 0 Å². The van der Waals surface area contributed by atoms with Gasteiger partial charge in [0.1, 0.15) is 4.90 Å². The second-order valence-electron chi connectivity index (χ2n) is 4.64. The van der Waals surface area contributed by atoms with Crippen molar-refractivity contribution in [3.05, 3.63) is 24.3 Å². The van der Waals surface area contributed by atoms with Crippen molar-refractivity contribution in [2.75, 3.05) is 19.0 Å². The molecule has 20 heavy (non-hydrogen) atoms. The van der Waals surface area contributed by atoms with Crippen LogP contribution in [0.2, 0.25) is 0 Å². The Labute approximate surface area is 118 Å². The summed E-state index contributed by atoms with van der Waals surface area (Å²) in [5.41, 5.74) is 0.490. The van der Waals surface area contributed by atoms with Crippen molar-refractivity contribution in [1.82, 2.24) is 4.72 Å². The molecule has 0 radical (unpaired) electrons. The van der Waals surface area contributed by atoms with E-state index in [1.54, 1.807) is 24.3 Å². The summed E-state index contributed by atoms with van der Waals surface area (Å²) >= 11 is 0. The van der Waals surface area contributed by atoms with Gasteiger partial charge in [-0.2, -0.15) is 0 Å². The minimum atomic E-state index is -3.51. The standard InChI is InChI=1S/C13H18N2O4S/c1-19-13(16)8-9-14-11-4-2-3-5-12(11)20(17,18)15-10-6-7-10/h2-5,10,14-15H,6-9H2,1H3. The molecule has 1 aliphatic carbocycles. The molecule has 6 nitrogen and oxygen atoms in total. The fourth-order valence-electron chi connectivity index (χ4n) is 1.73. The third kappa shape index (κ3) is 3.94. The number of nitrogens with one attached hydrogen (secondary N) is 2. The Kier molecular flexibility index (Phi) is 4.61. The molecule has 0 saturated heterocycles. The zero-order valence-corrected chi connectivity index (χ0v) is 12.1. The zero-order chi connectivity index (χ0) is 14.6. The number of ether oxygens (including phenoxy) is 1. The van der Waals surface area contributed by atoms with Crippen LogP contribution in [-0.2, 0) is 19.6 Å². The monoisotopic (exact) mass is 298 g/mol. The molecule has 0 aliphatic heterocycles. The highest BCUT2D eigenvalue weighted by Crippen LogP contribution is 2.25. The van der Waals surface area contributed by atoms with Gasteiger partial charge in [0.25, 0.3) is 0 Å². The number of hydrogen-bond acceptors (Lipinski definition) is 5. The van der Waals surface area contributed by atoms with Crippen molar-refractivity contribution < 1.29 is 17.9 Å². The number of para-hydroxylation sites is 1. The summed E-state index contributed by atoms with van der Waals surface area (Å²) in [6.07, 6.45) is 1.95. The first kappa shape index (κ1) is 14.8. The summed E-state index contributed by atoms with van der Waals surface area (Å²) in [7, 11) is -2.19. The topological polar surface area (TPSA) is 84.5 Å². The Morgan fingerprint density at radius 1 is 1.35 bits per heavy atom. The number of esters is 1. The SMILES string of the molecule is COC(=O)CCNc1ccccc1S(=O)(=O)NC1CC1. The Hall–Kier alpha value is -1.60. The van der Waals surface area contributed by atoms with Crippen LogP contribution < -0.4 is 10.0 Å². The maximum atomic E-state index is 12.2. The summed E-state index contributed by atoms with van der Waals surface area (Å²) in [6, 6.07) is 6.70. The summed E-state index contributed by atoms with van der Waals surface area (Å²) in [5, 5.41) is 2.96. The van der Waals surface area contributed by atoms with E-state index in [-0.39, 0.29) is 23.3 Å². The average molecular weight is 298 g/mol. The third-order valence-corrected chi connectivity index (χ3v) is 4.53. The lowest BCUT2D eigenvalue weighted by atomic mass is 10.3. The molecule has 1 saturated carbocycles. The van der Waals surface area contributed by atoms with E-state index in [9.17, 15) is 13.2 Å². The quantitative estimate of drug-likeness (QED) is 0.736. The van der Waals surface area contributed by atoms with Crippen LogP contribution in [0.4, 0.5) is 5.69 Å². The molecule has 0 atom stereocenters. The Morgan fingerprint density at radius 3 is 2.70 bits per heavy atom. The Balaban J connectivity index is 2.07. The molecule has 2 rings (SSSR count). The second kappa shape index (κ2) is 6.23. The summed E-state index contributed by atoms with van der Waals surface area (Å²) < 4.78 is 31.6. The predicted molar refractivity (Wildman–Crippen MR) is 74.9 cm³/mol. The first-order valence-corrected chi connectivity index (χ1v) is 7.93. The van der Waals surface area contributed by atoms with Gasteiger partial charge in [0, 0.05) is 12.6 Å². The molecule has 1 aromatic carbocycles. The van der Waals surface area contributed by atoms with Crippen LogP contribution in [0, 0.1) is 0 Å². The van der Waals surface area contributed by atoms with Crippen LogP contribution in [0.5, 0.6) is 0 Å². The summed E-state index contributed by atoms with van der Waals surface area (Å²) in [5.74, 6) is -0.339. The van der Waals surface area contributed by atoms with Crippen molar-refractivity contribution in [2.24, 2.45) is 0 Å². The van der Waals surface area contributed by atoms with Gasteiger partial charge in [-0.05, 0) is 25.0 Å². The van der Waals surface area contributed by atoms with E-state index in [0.29, 0.717) is 12.2 Å². The molecule has 0 spiro atoms. The van der Waals surface area contributed by atoms with Gasteiger partial charge in [0.15, 0.2) is 0 Å². The van der Waals surface area contributed by atoms with Crippen molar-refractivity contribution in [2.45, 2.75) is 30.2 Å². The van der Waals surface area contributed by atoms with E-state index in [1.165, 1.54) is 7.11 Å². The number of anilines is 1. The number of carbonyl (C=O) groups excluding carboxylic acids is 1. The molecule has 0 heterocycles. The van der Waals surface area contributed by atoms with Gasteiger partial charge in [0.05, 0.1) is 19.2 Å². The minimum absolute atomic E-state index is 0.0584. The van der Waals surface area contributed by atoms with Crippen LogP contribution in [-0.4, -0.2) is 34.1 Å². The van der Waals surface area contributed by atoms with Crippen molar-refractivity contribution in [1.29, 1.82) is 0 Å². The molecule has 1 aromatic rings. The molecule has 2 N–H and O–H groups in total. The second-order valence-corrected chi connectivity index (χ2v) is 6.33. The molecule has 1 aliphatic rings. The van der Waals surface area contributed by atoms with Crippen LogP contribution in [0.15, 0.2) is 29.2 Å². The van der Waals surface area contributed by atoms with Crippen LogP contribution in [0.3, 0.4) is 0 Å². The van der Waals surface area contributed by atoms with Crippen molar-refractivity contribution in [3.63, 3.8) is 0 Å². The first-order chi connectivity index (χ1) is 9.53. The normalized spacial score (nSPS) is 14.8. The van der Waals surface area contributed by atoms with Gasteiger partial charge in [-0.25, -0.2) is 13.1 Å². The van der Waals surface area contributed by atoms with Gasteiger partial charge in [0.2, 0.25) is 10.0 Å². The van der Waals surface area contributed by atoms with Crippen molar-refractivity contribution >= 4 is 21.7 Å². The zero-order valence-electron chi connectivity index (χ0n) is 11.3. The van der Waals surface area contributed by atoms with E-state index in [0.717, 1.165) is 12.8 Å². The fourth-order valence-corrected chi connectivity index (χ4v) is 3.22. The highest BCUT2D eigenvalue weighted by molar-refractivity contribution is 7.89. The lowest BCUT2D eigenvalue weighted by Crippen LogP contribution is -2.26.